The van der Waals surface area contributed by atoms with Crippen molar-refractivity contribution in [2.45, 2.75) is 39.2 Å². The van der Waals surface area contributed by atoms with E-state index in [-0.39, 0.29) is 23.4 Å². The largest absolute Gasteiger partial charge is 0.325 e. The van der Waals surface area contributed by atoms with Gasteiger partial charge in [-0.2, -0.15) is 0 Å². The van der Waals surface area contributed by atoms with Crippen LogP contribution in [-0.4, -0.2) is 68.1 Å². The van der Waals surface area contributed by atoms with Crippen molar-refractivity contribution in [3.05, 3.63) is 0 Å². The topological polar surface area (TPSA) is 64.7 Å². The minimum atomic E-state index is -0.383. The number of carbonyl (C=O) groups excluding carboxylic acids is 2. The zero-order chi connectivity index (χ0) is 16.3. The molecule has 2 rings (SSSR count). The quantitative estimate of drug-likeness (QED) is 0.685. The van der Waals surface area contributed by atoms with Crippen LogP contribution < -0.4 is 10.6 Å². The second-order valence-electron chi connectivity index (χ2n) is 7.05. The van der Waals surface area contributed by atoms with E-state index in [1.807, 2.05) is 0 Å². The van der Waals surface area contributed by atoms with Gasteiger partial charge in [-0.25, -0.2) is 4.79 Å². The van der Waals surface area contributed by atoms with Gasteiger partial charge in [-0.05, 0) is 52.4 Å². The van der Waals surface area contributed by atoms with Crippen LogP contribution in [0.15, 0.2) is 0 Å². The van der Waals surface area contributed by atoms with Crippen molar-refractivity contribution >= 4 is 11.9 Å². The Kier molecular flexibility index (Phi) is 5.45. The van der Waals surface area contributed by atoms with E-state index in [9.17, 15) is 9.59 Å². The first-order chi connectivity index (χ1) is 10.4. The Morgan fingerprint density at radius 1 is 1.18 bits per heavy atom. The second kappa shape index (κ2) is 6.96. The summed E-state index contributed by atoms with van der Waals surface area (Å²) in [6.07, 6.45) is 3.12. The molecule has 3 atom stereocenters. The average molecular weight is 310 g/mol. The van der Waals surface area contributed by atoms with Crippen LogP contribution in [-0.2, 0) is 4.79 Å². The van der Waals surface area contributed by atoms with Crippen LogP contribution >= 0.6 is 0 Å². The summed E-state index contributed by atoms with van der Waals surface area (Å²) in [6.45, 7) is 8.20. The third-order valence-corrected chi connectivity index (χ3v) is 5.37. The van der Waals surface area contributed by atoms with Gasteiger partial charge in [0, 0.05) is 18.5 Å². The summed E-state index contributed by atoms with van der Waals surface area (Å²) in [5.74, 6) is 0.444. The number of urea groups is 1. The minimum Gasteiger partial charge on any atom is -0.325 e. The van der Waals surface area contributed by atoms with Crippen LogP contribution in [0.25, 0.3) is 0 Å². The van der Waals surface area contributed by atoms with Gasteiger partial charge >= 0.3 is 6.03 Å². The molecule has 0 aromatic heterocycles. The molecule has 6 nitrogen and oxygen atoms in total. The molecule has 2 aliphatic rings. The Labute approximate surface area is 133 Å². The van der Waals surface area contributed by atoms with Crippen molar-refractivity contribution in [3.8, 4) is 0 Å². The molecule has 0 aromatic rings. The normalized spacial score (nSPS) is 31.9. The Bertz CT molecular complexity index is 428. The number of imide groups is 1. The number of hydrogen-bond donors (Lipinski definition) is 2. The molecule has 1 heterocycles. The Morgan fingerprint density at radius 3 is 2.41 bits per heavy atom. The number of carbonyl (C=O) groups is 2. The van der Waals surface area contributed by atoms with E-state index >= 15 is 0 Å². The standard InChI is InChI=1S/C16H30N4O2/c1-5-19(3)10-12-7-8-16(9-12,11-20(4)6-2)13-14(21)18-15(22)17-13/h12-13H,5-11H2,1-4H3,(H2,17,18,21,22). The fourth-order valence-corrected chi connectivity index (χ4v) is 3.99. The predicted octanol–water partition coefficient (Wildman–Crippen LogP) is 0.884. The summed E-state index contributed by atoms with van der Waals surface area (Å²) < 4.78 is 0. The lowest BCUT2D eigenvalue weighted by molar-refractivity contribution is -0.123. The molecule has 6 heteroatoms. The number of amides is 3. The fourth-order valence-electron chi connectivity index (χ4n) is 3.99. The highest BCUT2D eigenvalue weighted by Gasteiger charge is 2.51. The molecule has 1 aliphatic heterocycles. The predicted molar refractivity (Wildman–Crippen MR) is 86.6 cm³/mol. The summed E-state index contributed by atoms with van der Waals surface area (Å²) in [5.41, 5.74) is -0.139. The molecule has 0 radical (unpaired) electrons. The van der Waals surface area contributed by atoms with E-state index in [2.05, 4.69) is 48.4 Å². The van der Waals surface area contributed by atoms with Crippen molar-refractivity contribution in [3.63, 3.8) is 0 Å². The Balaban J connectivity index is 2.14. The maximum atomic E-state index is 12.2. The first-order valence-corrected chi connectivity index (χ1v) is 8.38. The highest BCUT2D eigenvalue weighted by atomic mass is 16.2. The maximum Gasteiger partial charge on any atom is 0.322 e. The molecular weight excluding hydrogens is 280 g/mol. The zero-order valence-corrected chi connectivity index (χ0v) is 14.3. The summed E-state index contributed by atoms with van der Waals surface area (Å²) >= 11 is 0. The smallest absolute Gasteiger partial charge is 0.322 e. The van der Waals surface area contributed by atoms with Crippen LogP contribution in [0.4, 0.5) is 4.79 Å². The molecule has 3 unspecified atom stereocenters. The molecule has 0 spiro atoms. The SMILES string of the molecule is CCN(C)CC1CCC(CN(C)CC)(C2NC(=O)NC2=O)C1. The van der Waals surface area contributed by atoms with E-state index in [0.29, 0.717) is 5.92 Å². The summed E-state index contributed by atoms with van der Waals surface area (Å²) in [4.78, 5) is 28.4. The fraction of sp³-hybridized carbons (Fsp3) is 0.875. The molecular formula is C16H30N4O2. The van der Waals surface area contributed by atoms with Crippen molar-refractivity contribution < 1.29 is 9.59 Å². The molecule has 126 valence electrons. The van der Waals surface area contributed by atoms with Crippen LogP contribution in [0.1, 0.15) is 33.1 Å². The molecule has 22 heavy (non-hydrogen) atoms. The summed E-state index contributed by atoms with van der Waals surface area (Å²) in [7, 11) is 4.23. The van der Waals surface area contributed by atoms with Gasteiger partial charge in [0.25, 0.3) is 5.91 Å². The first kappa shape index (κ1) is 17.2. The number of nitrogens with one attached hydrogen (secondary N) is 2. The van der Waals surface area contributed by atoms with Crippen LogP contribution in [0.2, 0.25) is 0 Å². The van der Waals surface area contributed by atoms with Gasteiger partial charge in [0.05, 0.1) is 0 Å². The van der Waals surface area contributed by atoms with Gasteiger partial charge in [-0.3, -0.25) is 10.1 Å². The summed E-state index contributed by atoms with van der Waals surface area (Å²) in [5, 5.41) is 5.27. The lowest BCUT2D eigenvalue weighted by Gasteiger charge is -2.37. The van der Waals surface area contributed by atoms with Gasteiger partial charge in [-0.15, -0.1) is 0 Å². The van der Waals surface area contributed by atoms with Gasteiger partial charge in [0.2, 0.25) is 0 Å². The molecule has 2 N–H and O–H groups in total. The zero-order valence-electron chi connectivity index (χ0n) is 14.3. The Hall–Kier alpha value is -1.14. The van der Waals surface area contributed by atoms with E-state index in [1.165, 1.54) is 0 Å². The molecule has 0 bridgehead atoms. The molecule has 1 aliphatic carbocycles. The third kappa shape index (κ3) is 3.60. The maximum absolute atomic E-state index is 12.2. The van der Waals surface area contributed by atoms with E-state index in [0.717, 1.165) is 45.4 Å². The van der Waals surface area contributed by atoms with Crippen molar-refractivity contribution in [1.82, 2.24) is 20.4 Å². The highest BCUT2D eigenvalue weighted by molar-refractivity contribution is 6.04. The number of rotatable bonds is 7. The van der Waals surface area contributed by atoms with Gasteiger partial charge in [-0.1, -0.05) is 13.8 Å². The van der Waals surface area contributed by atoms with Crippen molar-refractivity contribution in [2.24, 2.45) is 11.3 Å². The lowest BCUT2D eigenvalue weighted by Crippen LogP contribution is -2.51. The second-order valence-corrected chi connectivity index (χ2v) is 7.05. The van der Waals surface area contributed by atoms with Crippen LogP contribution in [0, 0.1) is 11.3 Å². The average Bonchev–Trinajstić information content (AvgIpc) is 3.02. The highest BCUT2D eigenvalue weighted by Crippen LogP contribution is 2.46. The molecule has 1 saturated carbocycles. The number of nitrogens with zero attached hydrogens (tertiary/aromatic N) is 2. The van der Waals surface area contributed by atoms with Gasteiger partial charge in [0.15, 0.2) is 0 Å². The van der Waals surface area contributed by atoms with Crippen LogP contribution in [0.3, 0.4) is 0 Å². The van der Waals surface area contributed by atoms with E-state index < -0.39 is 0 Å². The van der Waals surface area contributed by atoms with Crippen molar-refractivity contribution in [2.75, 3.05) is 40.3 Å². The number of hydrogen-bond acceptors (Lipinski definition) is 4. The van der Waals surface area contributed by atoms with E-state index in [4.69, 9.17) is 0 Å². The molecule has 0 aromatic carbocycles. The van der Waals surface area contributed by atoms with Gasteiger partial charge in [0.1, 0.15) is 6.04 Å². The van der Waals surface area contributed by atoms with Gasteiger partial charge < -0.3 is 15.1 Å². The van der Waals surface area contributed by atoms with E-state index in [1.54, 1.807) is 0 Å². The molecule has 2 fully saturated rings. The van der Waals surface area contributed by atoms with Crippen molar-refractivity contribution in [1.29, 1.82) is 0 Å². The first-order valence-electron chi connectivity index (χ1n) is 8.38. The molecule has 3 amide bonds. The third-order valence-electron chi connectivity index (χ3n) is 5.37. The van der Waals surface area contributed by atoms with Crippen LogP contribution in [0.5, 0.6) is 0 Å². The minimum absolute atomic E-state index is 0.139. The summed E-state index contributed by atoms with van der Waals surface area (Å²) in [6, 6.07) is -0.728. The Morgan fingerprint density at radius 2 is 1.86 bits per heavy atom. The lowest BCUT2D eigenvalue weighted by atomic mass is 9.77. The monoisotopic (exact) mass is 310 g/mol. The molecule has 1 saturated heterocycles.